The lowest BCUT2D eigenvalue weighted by molar-refractivity contribution is -0.131. The standard InChI is InChI=1S/C25H36N4O3/c1-32-22-10-7-21(8-11-22)9-12-24(31)29-16-6-15-28(17-18-29)19-23(30)27-25(20-26)13-4-2-3-5-14-25/h7-8,10-11H,2-6,9,12-19H2,1H3,(H,27,30). The minimum atomic E-state index is -0.705. The average Bonchev–Trinajstić information content (AvgIpc) is 3.19. The molecule has 2 amide bonds. The van der Waals surface area contributed by atoms with Crippen molar-refractivity contribution in [2.75, 3.05) is 39.8 Å². The smallest absolute Gasteiger partial charge is 0.235 e. The molecule has 0 spiro atoms. The first-order chi connectivity index (χ1) is 15.5. The zero-order chi connectivity index (χ0) is 22.8. The van der Waals surface area contributed by atoms with Crippen molar-refractivity contribution in [2.45, 2.75) is 63.3 Å². The summed E-state index contributed by atoms with van der Waals surface area (Å²) < 4.78 is 5.18. The summed E-state index contributed by atoms with van der Waals surface area (Å²) in [6, 6.07) is 10.2. The largest absolute Gasteiger partial charge is 0.497 e. The van der Waals surface area contributed by atoms with E-state index in [1.165, 1.54) is 0 Å². The fourth-order valence-electron chi connectivity index (χ4n) is 4.69. The number of aryl methyl sites for hydroxylation is 1. The minimum Gasteiger partial charge on any atom is -0.497 e. The van der Waals surface area contributed by atoms with Crippen LogP contribution in [0, 0.1) is 11.3 Å². The molecule has 1 aromatic carbocycles. The molecule has 1 saturated heterocycles. The summed E-state index contributed by atoms with van der Waals surface area (Å²) in [6.45, 7) is 3.12. The molecule has 0 aromatic heterocycles. The summed E-state index contributed by atoms with van der Waals surface area (Å²) in [4.78, 5) is 29.4. The van der Waals surface area contributed by atoms with Crippen molar-refractivity contribution in [3.05, 3.63) is 29.8 Å². The maximum atomic E-state index is 12.7. The Kier molecular flexibility index (Phi) is 8.92. The Hall–Kier alpha value is -2.59. The van der Waals surface area contributed by atoms with E-state index in [0.29, 0.717) is 25.9 Å². The van der Waals surface area contributed by atoms with Crippen LogP contribution in [-0.2, 0) is 16.0 Å². The van der Waals surface area contributed by atoms with E-state index >= 15 is 0 Å². The van der Waals surface area contributed by atoms with Gasteiger partial charge in [0.25, 0.3) is 0 Å². The molecule has 7 heteroatoms. The van der Waals surface area contributed by atoms with Gasteiger partial charge < -0.3 is 15.0 Å². The van der Waals surface area contributed by atoms with Crippen LogP contribution in [0.4, 0.5) is 0 Å². The molecule has 1 heterocycles. The number of nitrogens with one attached hydrogen (secondary N) is 1. The van der Waals surface area contributed by atoms with E-state index in [4.69, 9.17) is 4.74 Å². The Morgan fingerprint density at radius 3 is 2.41 bits per heavy atom. The van der Waals surface area contributed by atoms with Crippen LogP contribution in [0.3, 0.4) is 0 Å². The molecule has 174 valence electrons. The van der Waals surface area contributed by atoms with Crippen LogP contribution < -0.4 is 10.1 Å². The van der Waals surface area contributed by atoms with Crippen molar-refractivity contribution in [1.82, 2.24) is 15.1 Å². The molecule has 0 bridgehead atoms. The predicted octanol–water partition coefficient (Wildman–Crippen LogP) is 2.89. The van der Waals surface area contributed by atoms with Crippen LogP contribution in [0.1, 0.15) is 56.9 Å². The quantitative estimate of drug-likeness (QED) is 0.659. The molecule has 3 rings (SSSR count). The molecular weight excluding hydrogens is 404 g/mol. The SMILES string of the molecule is COc1ccc(CCC(=O)N2CCCN(CC(=O)NC3(C#N)CCCCCC3)CC2)cc1. The fourth-order valence-corrected chi connectivity index (χ4v) is 4.69. The molecule has 2 aliphatic rings. The number of nitriles is 1. The Bertz CT molecular complexity index is 794. The second-order valence-electron chi connectivity index (χ2n) is 9.01. The first-order valence-corrected chi connectivity index (χ1v) is 11.9. The van der Waals surface area contributed by atoms with Crippen molar-refractivity contribution in [3.63, 3.8) is 0 Å². The summed E-state index contributed by atoms with van der Waals surface area (Å²) >= 11 is 0. The lowest BCUT2D eigenvalue weighted by Crippen LogP contribution is -2.50. The van der Waals surface area contributed by atoms with E-state index in [9.17, 15) is 14.9 Å². The lowest BCUT2D eigenvalue weighted by Gasteiger charge is -2.28. The number of hydrogen-bond donors (Lipinski definition) is 1. The summed E-state index contributed by atoms with van der Waals surface area (Å²) in [5.74, 6) is 0.901. The number of carbonyl (C=O) groups excluding carboxylic acids is 2. The third-order valence-electron chi connectivity index (χ3n) is 6.64. The number of benzene rings is 1. The molecule has 1 aliphatic heterocycles. The summed E-state index contributed by atoms with van der Waals surface area (Å²) in [5, 5.41) is 12.7. The van der Waals surface area contributed by atoms with Gasteiger partial charge in [-0.1, -0.05) is 37.8 Å². The summed E-state index contributed by atoms with van der Waals surface area (Å²) in [7, 11) is 1.64. The van der Waals surface area contributed by atoms with E-state index in [-0.39, 0.29) is 18.4 Å². The number of methoxy groups -OCH3 is 1. The second kappa shape index (κ2) is 11.9. The van der Waals surface area contributed by atoms with Crippen molar-refractivity contribution in [1.29, 1.82) is 5.26 Å². The molecular formula is C25H36N4O3. The van der Waals surface area contributed by atoms with Gasteiger partial charge in [0.2, 0.25) is 11.8 Å². The Morgan fingerprint density at radius 1 is 1.03 bits per heavy atom. The molecule has 0 atom stereocenters. The maximum absolute atomic E-state index is 12.7. The van der Waals surface area contributed by atoms with Crippen LogP contribution in [0.5, 0.6) is 5.75 Å². The van der Waals surface area contributed by atoms with Crippen molar-refractivity contribution >= 4 is 11.8 Å². The molecule has 2 fully saturated rings. The fraction of sp³-hybridized carbons (Fsp3) is 0.640. The number of rotatable bonds is 7. The van der Waals surface area contributed by atoms with Gasteiger partial charge in [-0.3, -0.25) is 14.5 Å². The number of ether oxygens (including phenoxy) is 1. The number of hydrogen-bond acceptors (Lipinski definition) is 5. The molecule has 1 aliphatic carbocycles. The van der Waals surface area contributed by atoms with E-state index in [1.807, 2.05) is 29.2 Å². The van der Waals surface area contributed by atoms with Crippen LogP contribution in [0.15, 0.2) is 24.3 Å². The number of amides is 2. The van der Waals surface area contributed by atoms with Gasteiger partial charge in [-0.2, -0.15) is 5.26 Å². The van der Waals surface area contributed by atoms with Gasteiger partial charge in [-0.15, -0.1) is 0 Å². The maximum Gasteiger partial charge on any atom is 0.235 e. The third kappa shape index (κ3) is 6.96. The van der Waals surface area contributed by atoms with Gasteiger partial charge in [-0.25, -0.2) is 0 Å². The minimum absolute atomic E-state index is 0.0762. The lowest BCUT2D eigenvalue weighted by atomic mass is 9.92. The van der Waals surface area contributed by atoms with Crippen molar-refractivity contribution < 1.29 is 14.3 Å². The van der Waals surface area contributed by atoms with Gasteiger partial charge in [-0.05, 0) is 43.4 Å². The van der Waals surface area contributed by atoms with Crippen molar-refractivity contribution in [2.24, 2.45) is 0 Å². The van der Waals surface area contributed by atoms with Crippen molar-refractivity contribution in [3.8, 4) is 11.8 Å². The van der Waals surface area contributed by atoms with Crippen LogP contribution in [-0.4, -0.2) is 67.0 Å². The predicted molar refractivity (Wildman–Crippen MR) is 123 cm³/mol. The normalized spacial score (nSPS) is 19.3. The van der Waals surface area contributed by atoms with E-state index in [0.717, 1.165) is 69.3 Å². The summed E-state index contributed by atoms with van der Waals surface area (Å²) in [5.41, 5.74) is 0.417. The second-order valence-corrected chi connectivity index (χ2v) is 9.01. The molecule has 1 saturated carbocycles. The highest BCUT2D eigenvalue weighted by molar-refractivity contribution is 5.79. The zero-order valence-corrected chi connectivity index (χ0v) is 19.3. The molecule has 0 radical (unpaired) electrons. The van der Waals surface area contributed by atoms with Gasteiger partial charge >= 0.3 is 0 Å². The summed E-state index contributed by atoms with van der Waals surface area (Å²) in [6.07, 6.45) is 7.78. The molecule has 7 nitrogen and oxygen atoms in total. The Labute approximate surface area is 191 Å². The molecule has 1 N–H and O–H groups in total. The Balaban J connectivity index is 1.44. The zero-order valence-electron chi connectivity index (χ0n) is 19.3. The van der Waals surface area contributed by atoms with E-state index < -0.39 is 5.54 Å². The first kappa shape index (κ1) is 24.1. The topological polar surface area (TPSA) is 85.7 Å². The highest BCUT2D eigenvalue weighted by Gasteiger charge is 2.33. The van der Waals surface area contributed by atoms with E-state index in [2.05, 4.69) is 16.3 Å². The highest BCUT2D eigenvalue weighted by Crippen LogP contribution is 2.26. The Morgan fingerprint density at radius 2 is 1.75 bits per heavy atom. The van der Waals surface area contributed by atoms with Gasteiger partial charge in [0.05, 0.1) is 19.7 Å². The molecule has 1 aromatic rings. The first-order valence-electron chi connectivity index (χ1n) is 11.9. The van der Waals surface area contributed by atoms with Crippen LogP contribution in [0.2, 0.25) is 0 Å². The molecule has 0 unspecified atom stereocenters. The van der Waals surface area contributed by atoms with Gasteiger partial charge in [0.15, 0.2) is 0 Å². The van der Waals surface area contributed by atoms with Gasteiger partial charge in [0, 0.05) is 32.6 Å². The average molecular weight is 441 g/mol. The van der Waals surface area contributed by atoms with Gasteiger partial charge in [0.1, 0.15) is 11.3 Å². The highest BCUT2D eigenvalue weighted by atomic mass is 16.5. The number of carbonyl (C=O) groups is 2. The van der Waals surface area contributed by atoms with E-state index in [1.54, 1.807) is 7.11 Å². The van der Waals surface area contributed by atoms with Crippen LogP contribution >= 0.6 is 0 Å². The molecule has 32 heavy (non-hydrogen) atoms. The number of nitrogens with zero attached hydrogens (tertiary/aromatic N) is 3. The third-order valence-corrected chi connectivity index (χ3v) is 6.64. The van der Waals surface area contributed by atoms with Crippen LogP contribution in [0.25, 0.3) is 0 Å². The monoisotopic (exact) mass is 440 g/mol.